The lowest BCUT2D eigenvalue weighted by molar-refractivity contribution is 0.102. The first-order valence-corrected chi connectivity index (χ1v) is 8.12. The number of halogens is 1. The van der Waals surface area contributed by atoms with Gasteiger partial charge in [0.2, 0.25) is 0 Å². The van der Waals surface area contributed by atoms with Crippen LogP contribution in [0.4, 0.5) is 10.8 Å². The Morgan fingerprint density at radius 2 is 2.14 bits per heavy atom. The second-order valence-corrected chi connectivity index (χ2v) is 6.71. The molecule has 1 amide bonds. The summed E-state index contributed by atoms with van der Waals surface area (Å²) in [6.07, 6.45) is 0. The van der Waals surface area contributed by atoms with Gasteiger partial charge in [-0.3, -0.25) is 10.2 Å². The van der Waals surface area contributed by atoms with Crippen molar-refractivity contribution < 1.29 is 4.79 Å². The van der Waals surface area contributed by atoms with Crippen molar-refractivity contribution in [2.24, 2.45) is 5.84 Å². The lowest BCUT2D eigenvalue weighted by atomic mass is 10.1. The molecule has 0 saturated heterocycles. The van der Waals surface area contributed by atoms with E-state index in [0.29, 0.717) is 10.7 Å². The van der Waals surface area contributed by atoms with Gasteiger partial charge in [-0.2, -0.15) is 0 Å². The summed E-state index contributed by atoms with van der Waals surface area (Å²) < 4.78 is 1.84. The Bertz CT molecular complexity index is 862. The average Bonchev–Trinajstić information content (AvgIpc) is 2.91. The molecule has 0 atom stereocenters. The van der Waals surface area contributed by atoms with Gasteiger partial charge < -0.3 is 5.32 Å². The maximum Gasteiger partial charge on any atom is 0.255 e. The Kier molecular flexibility index (Phi) is 4.10. The summed E-state index contributed by atoms with van der Waals surface area (Å²) in [6.45, 7) is 1.96. The third-order valence-corrected chi connectivity index (χ3v) is 4.58. The van der Waals surface area contributed by atoms with E-state index in [-0.39, 0.29) is 5.91 Å². The van der Waals surface area contributed by atoms with Crippen molar-refractivity contribution in [3.8, 4) is 0 Å². The van der Waals surface area contributed by atoms with Gasteiger partial charge in [-0.15, -0.1) is 0 Å². The highest BCUT2D eigenvalue weighted by Gasteiger charge is 2.11. The van der Waals surface area contributed by atoms with E-state index in [9.17, 15) is 4.79 Å². The van der Waals surface area contributed by atoms with Crippen molar-refractivity contribution in [1.29, 1.82) is 0 Å². The van der Waals surface area contributed by atoms with Crippen molar-refractivity contribution in [3.63, 3.8) is 0 Å². The average molecular weight is 377 g/mol. The molecule has 0 radical (unpaired) electrons. The number of nitrogens with two attached hydrogens (primary N) is 1. The smallest absolute Gasteiger partial charge is 0.255 e. The van der Waals surface area contributed by atoms with Crippen LogP contribution in [0, 0.1) is 6.92 Å². The number of hydrogen-bond donors (Lipinski definition) is 3. The number of nitrogen functional groups attached to an aromatic ring is 1. The molecular weight excluding hydrogens is 364 g/mol. The summed E-state index contributed by atoms with van der Waals surface area (Å²) in [7, 11) is 0. The number of hydrogen-bond acceptors (Lipinski definition) is 5. The number of rotatable bonds is 3. The summed E-state index contributed by atoms with van der Waals surface area (Å²) in [5, 5.41) is 3.56. The Labute approximate surface area is 139 Å². The number of benzene rings is 2. The van der Waals surface area contributed by atoms with Crippen molar-refractivity contribution in [1.82, 2.24) is 4.98 Å². The summed E-state index contributed by atoms with van der Waals surface area (Å²) in [5.41, 5.74) is 5.76. The predicted molar refractivity (Wildman–Crippen MR) is 94.3 cm³/mol. The zero-order chi connectivity index (χ0) is 15.7. The molecule has 7 heteroatoms. The summed E-state index contributed by atoms with van der Waals surface area (Å²) in [5.74, 6) is 5.25. The fourth-order valence-electron chi connectivity index (χ4n) is 2.16. The molecule has 5 nitrogen and oxygen atoms in total. The molecule has 0 aliphatic heterocycles. The monoisotopic (exact) mass is 376 g/mol. The summed E-state index contributed by atoms with van der Waals surface area (Å²) in [6, 6.07) is 11.1. The highest BCUT2D eigenvalue weighted by Crippen LogP contribution is 2.30. The van der Waals surface area contributed by atoms with Crippen LogP contribution < -0.4 is 16.6 Å². The Morgan fingerprint density at radius 1 is 1.32 bits per heavy atom. The molecule has 0 spiro atoms. The van der Waals surface area contributed by atoms with E-state index in [4.69, 9.17) is 5.84 Å². The summed E-state index contributed by atoms with van der Waals surface area (Å²) in [4.78, 5) is 16.7. The van der Waals surface area contributed by atoms with E-state index in [1.165, 1.54) is 11.3 Å². The molecule has 0 bridgehead atoms. The molecule has 0 unspecified atom stereocenters. The van der Waals surface area contributed by atoms with Crippen LogP contribution in [0.3, 0.4) is 0 Å². The van der Waals surface area contributed by atoms with E-state index in [2.05, 4.69) is 31.7 Å². The van der Waals surface area contributed by atoms with E-state index in [0.717, 1.165) is 25.9 Å². The van der Waals surface area contributed by atoms with Crippen LogP contribution in [0.25, 0.3) is 10.2 Å². The van der Waals surface area contributed by atoms with Gasteiger partial charge in [0.05, 0.1) is 10.2 Å². The minimum atomic E-state index is -0.151. The molecular formula is C15H13BrN4OS. The SMILES string of the molecule is Cc1cc(NC(=O)c2cccc(Br)c2)cc2sc(NN)nc12. The van der Waals surface area contributed by atoms with Crippen LogP contribution in [0.15, 0.2) is 40.9 Å². The van der Waals surface area contributed by atoms with Crippen molar-refractivity contribution in [2.75, 3.05) is 10.7 Å². The molecule has 0 aliphatic rings. The molecule has 112 valence electrons. The van der Waals surface area contributed by atoms with E-state index >= 15 is 0 Å². The molecule has 3 aromatic rings. The van der Waals surface area contributed by atoms with Crippen molar-refractivity contribution in [2.45, 2.75) is 6.92 Å². The van der Waals surface area contributed by atoms with Gasteiger partial charge in [-0.05, 0) is 42.8 Å². The van der Waals surface area contributed by atoms with E-state index in [1.807, 2.05) is 31.2 Å². The van der Waals surface area contributed by atoms with Crippen LogP contribution in [-0.4, -0.2) is 10.9 Å². The van der Waals surface area contributed by atoms with Crippen LogP contribution in [0.5, 0.6) is 0 Å². The van der Waals surface area contributed by atoms with Crippen LogP contribution >= 0.6 is 27.3 Å². The maximum absolute atomic E-state index is 12.3. The molecule has 1 heterocycles. The zero-order valence-corrected chi connectivity index (χ0v) is 14.1. The van der Waals surface area contributed by atoms with Gasteiger partial charge in [0, 0.05) is 15.7 Å². The second kappa shape index (κ2) is 6.04. The highest BCUT2D eigenvalue weighted by atomic mass is 79.9. The van der Waals surface area contributed by atoms with Crippen LogP contribution in [0.1, 0.15) is 15.9 Å². The molecule has 3 rings (SSSR count). The largest absolute Gasteiger partial charge is 0.322 e. The summed E-state index contributed by atoms with van der Waals surface area (Å²) >= 11 is 4.81. The van der Waals surface area contributed by atoms with Crippen molar-refractivity contribution >= 4 is 54.2 Å². The van der Waals surface area contributed by atoms with Gasteiger partial charge in [0.15, 0.2) is 5.13 Å². The molecule has 0 aliphatic carbocycles. The number of aromatic nitrogens is 1. The first-order valence-electron chi connectivity index (χ1n) is 6.51. The van der Waals surface area contributed by atoms with Crippen LogP contribution in [0.2, 0.25) is 0 Å². The number of fused-ring (bicyclic) bond motifs is 1. The quantitative estimate of drug-likeness (QED) is 0.478. The second-order valence-electron chi connectivity index (χ2n) is 4.77. The van der Waals surface area contributed by atoms with Gasteiger partial charge in [0.25, 0.3) is 5.91 Å². The number of aryl methyl sites for hydroxylation is 1. The third kappa shape index (κ3) is 2.96. The van der Waals surface area contributed by atoms with Gasteiger partial charge in [-0.25, -0.2) is 10.8 Å². The number of carbonyl (C=O) groups is 1. The molecule has 22 heavy (non-hydrogen) atoms. The number of carbonyl (C=O) groups excluding carboxylic acids is 1. The number of nitrogens with zero attached hydrogens (tertiary/aromatic N) is 1. The number of anilines is 2. The third-order valence-electron chi connectivity index (χ3n) is 3.15. The molecule has 0 saturated carbocycles. The topological polar surface area (TPSA) is 80.0 Å². The van der Waals surface area contributed by atoms with E-state index in [1.54, 1.807) is 12.1 Å². The minimum absolute atomic E-state index is 0.151. The molecule has 0 fully saturated rings. The normalized spacial score (nSPS) is 10.7. The lowest BCUT2D eigenvalue weighted by Gasteiger charge is -2.07. The van der Waals surface area contributed by atoms with Gasteiger partial charge >= 0.3 is 0 Å². The van der Waals surface area contributed by atoms with Gasteiger partial charge in [0.1, 0.15) is 0 Å². The van der Waals surface area contributed by atoms with Crippen LogP contribution in [-0.2, 0) is 0 Å². The number of hydrazine groups is 1. The minimum Gasteiger partial charge on any atom is -0.322 e. The van der Waals surface area contributed by atoms with Gasteiger partial charge in [-0.1, -0.05) is 33.3 Å². The number of nitrogens with one attached hydrogen (secondary N) is 2. The lowest BCUT2D eigenvalue weighted by Crippen LogP contribution is -2.11. The van der Waals surface area contributed by atoms with E-state index < -0.39 is 0 Å². The fourth-order valence-corrected chi connectivity index (χ4v) is 3.46. The standard InChI is InChI=1S/C15H13BrN4OS/c1-8-5-11(7-12-13(8)19-15(20-17)22-12)18-14(21)9-3-2-4-10(16)6-9/h2-7H,17H2,1H3,(H,18,21)(H,19,20). The molecule has 4 N–H and O–H groups in total. The Hall–Kier alpha value is -1.96. The molecule has 1 aromatic heterocycles. The zero-order valence-electron chi connectivity index (χ0n) is 11.7. The first-order chi connectivity index (χ1) is 10.6. The Morgan fingerprint density at radius 3 is 2.86 bits per heavy atom. The number of thiazole rings is 1. The Balaban J connectivity index is 1.92. The maximum atomic E-state index is 12.3. The number of amides is 1. The molecule has 2 aromatic carbocycles. The first kappa shape index (κ1) is 15.0. The highest BCUT2D eigenvalue weighted by molar-refractivity contribution is 9.10. The fraction of sp³-hybridized carbons (Fsp3) is 0.0667. The predicted octanol–water partition coefficient (Wildman–Crippen LogP) is 3.91. The van der Waals surface area contributed by atoms with Crippen molar-refractivity contribution in [3.05, 3.63) is 52.0 Å².